The van der Waals surface area contributed by atoms with E-state index >= 15 is 0 Å². The standard InChI is InChI=1S/C16H25N3O2.ClH/c1-16(15(18)21,13-9-5-4-6-10-13)19-14(20)11-7-2-3-8-12-17;/h4-6,9-10H,2-3,7-8,11-12,17H2,1H3,(H2,18,21)(H,19,20);1H. The van der Waals surface area contributed by atoms with Crippen molar-refractivity contribution in [1.82, 2.24) is 5.32 Å². The summed E-state index contributed by atoms with van der Waals surface area (Å²) in [5.41, 5.74) is 10.4. The molecule has 0 fully saturated rings. The Hall–Kier alpha value is -1.59. The molecule has 0 aliphatic carbocycles. The topological polar surface area (TPSA) is 98.2 Å². The van der Waals surface area contributed by atoms with Gasteiger partial charge < -0.3 is 16.8 Å². The van der Waals surface area contributed by atoms with Crippen molar-refractivity contribution in [3.05, 3.63) is 35.9 Å². The Labute approximate surface area is 138 Å². The van der Waals surface area contributed by atoms with E-state index in [0.29, 0.717) is 18.5 Å². The molecule has 6 heteroatoms. The Balaban J connectivity index is 0.00000441. The van der Waals surface area contributed by atoms with Gasteiger partial charge in [-0.2, -0.15) is 0 Å². The number of nitrogens with one attached hydrogen (secondary N) is 1. The third-order valence-corrected chi connectivity index (χ3v) is 3.59. The Morgan fingerprint density at radius 3 is 2.23 bits per heavy atom. The predicted octanol–water partition coefficient (Wildman–Crippen LogP) is 1.83. The molecule has 1 unspecified atom stereocenters. The first-order valence-corrected chi connectivity index (χ1v) is 7.37. The third-order valence-electron chi connectivity index (χ3n) is 3.59. The Kier molecular flexibility index (Phi) is 9.45. The molecule has 124 valence electrons. The van der Waals surface area contributed by atoms with Crippen molar-refractivity contribution in [3.8, 4) is 0 Å². The Morgan fingerprint density at radius 1 is 1.09 bits per heavy atom. The van der Waals surface area contributed by atoms with Crippen molar-refractivity contribution < 1.29 is 9.59 Å². The average Bonchev–Trinajstić information content (AvgIpc) is 2.47. The maximum absolute atomic E-state index is 12.0. The van der Waals surface area contributed by atoms with Gasteiger partial charge in [-0.15, -0.1) is 12.4 Å². The molecule has 1 aromatic carbocycles. The molecule has 1 aromatic rings. The van der Waals surface area contributed by atoms with E-state index in [0.717, 1.165) is 25.7 Å². The van der Waals surface area contributed by atoms with Gasteiger partial charge in [-0.1, -0.05) is 43.2 Å². The van der Waals surface area contributed by atoms with E-state index in [1.807, 2.05) is 18.2 Å². The number of nitrogens with two attached hydrogens (primary N) is 2. The number of carbonyl (C=O) groups excluding carboxylic acids is 2. The quantitative estimate of drug-likeness (QED) is 0.603. The van der Waals surface area contributed by atoms with Gasteiger partial charge in [-0.25, -0.2) is 0 Å². The summed E-state index contributed by atoms with van der Waals surface area (Å²) in [5.74, 6) is -0.724. The van der Waals surface area contributed by atoms with Crippen molar-refractivity contribution in [2.24, 2.45) is 11.5 Å². The number of primary amides is 1. The minimum atomic E-state index is -1.17. The molecule has 1 rings (SSSR count). The zero-order valence-corrected chi connectivity index (χ0v) is 13.8. The summed E-state index contributed by atoms with van der Waals surface area (Å²) in [4.78, 5) is 23.8. The van der Waals surface area contributed by atoms with Crippen LogP contribution in [0, 0.1) is 0 Å². The number of hydrogen-bond donors (Lipinski definition) is 3. The van der Waals surface area contributed by atoms with Gasteiger partial charge in [0, 0.05) is 6.42 Å². The molecular weight excluding hydrogens is 302 g/mol. The summed E-state index contributed by atoms with van der Waals surface area (Å²) in [6.07, 6.45) is 4.14. The maximum Gasteiger partial charge on any atom is 0.247 e. The van der Waals surface area contributed by atoms with Crippen molar-refractivity contribution >= 4 is 24.2 Å². The molecule has 0 aliphatic heterocycles. The van der Waals surface area contributed by atoms with Crippen molar-refractivity contribution in [1.29, 1.82) is 0 Å². The molecule has 0 saturated carbocycles. The van der Waals surface area contributed by atoms with E-state index < -0.39 is 11.4 Å². The molecule has 22 heavy (non-hydrogen) atoms. The summed E-state index contributed by atoms with van der Waals surface area (Å²) in [6.45, 7) is 2.32. The van der Waals surface area contributed by atoms with Gasteiger partial charge in [0.2, 0.25) is 11.8 Å². The summed E-state index contributed by atoms with van der Waals surface area (Å²) in [7, 11) is 0. The van der Waals surface area contributed by atoms with Crippen LogP contribution in [0.5, 0.6) is 0 Å². The second kappa shape index (κ2) is 10.2. The highest BCUT2D eigenvalue weighted by Crippen LogP contribution is 2.20. The fourth-order valence-electron chi connectivity index (χ4n) is 2.17. The summed E-state index contributed by atoms with van der Waals surface area (Å²) >= 11 is 0. The number of halogens is 1. The monoisotopic (exact) mass is 327 g/mol. The van der Waals surface area contributed by atoms with E-state index in [1.165, 1.54) is 0 Å². The normalized spacial score (nSPS) is 12.8. The molecule has 0 radical (unpaired) electrons. The first-order chi connectivity index (χ1) is 10.0. The molecule has 0 aliphatic rings. The van der Waals surface area contributed by atoms with E-state index in [9.17, 15) is 9.59 Å². The van der Waals surface area contributed by atoms with E-state index in [-0.39, 0.29) is 18.3 Å². The third kappa shape index (κ3) is 6.03. The number of hydrogen-bond acceptors (Lipinski definition) is 3. The zero-order chi connectivity index (χ0) is 15.7. The molecule has 0 aromatic heterocycles. The second-order valence-corrected chi connectivity index (χ2v) is 5.36. The molecular formula is C16H26ClN3O2. The molecule has 1 atom stereocenters. The van der Waals surface area contributed by atoms with Crippen LogP contribution in [0.2, 0.25) is 0 Å². The number of unbranched alkanes of at least 4 members (excludes halogenated alkanes) is 3. The molecule has 2 amide bonds. The molecule has 0 saturated heterocycles. The lowest BCUT2D eigenvalue weighted by Gasteiger charge is -2.28. The molecule has 0 spiro atoms. The molecule has 5 nitrogen and oxygen atoms in total. The highest BCUT2D eigenvalue weighted by molar-refractivity contribution is 5.91. The molecule has 5 N–H and O–H groups in total. The van der Waals surface area contributed by atoms with Gasteiger partial charge in [0.25, 0.3) is 0 Å². The van der Waals surface area contributed by atoms with Crippen molar-refractivity contribution in [2.75, 3.05) is 6.54 Å². The lowest BCUT2D eigenvalue weighted by atomic mass is 9.91. The SMILES string of the molecule is CC(NC(=O)CCCCCCN)(C(N)=O)c1ccccc1.Cl. The van der Waals surface area contributed by atoms with Crippen LogP contribution in [0.3, 0.4) is 0 Å². The average molecular weight is 328 g/mol. The second-order valence-electron chi connectivity index (χ2n) is 5.36. The van der Waals surface area contributed by atoms with Gasteiger partial charge in [0.05, 0.1) is 0 Å². The highest BCUT2D eigenvalue weighted by atomic mass is 35.5. The fourth-order valence-corrected chi connectivity index (χ4v) is 2.17. The number of benzene rings is 1. The first kappa shape index (κ1) is 20.4. The minimum Gasteiger partial charge on any atom is -0.367 e. The van der Waals surface area contributed by atoms with Crippen LogP contribution in [-0.4, -0.2) is 18.4 Å². The minimum absolute atomic E-state index is 0. The van der Waals surface area contributed by atoms with Crippen LogP contribution in [0.25, 0.3) is 0 Å². The van der Waals surface area contributed by atoms with Gasteiger partial charge in [-0.3, -0.25) is 9.59 Å². The van der Waals surface area contributed by atoms with Crippen molar-refractivity contribution in [3.63, 3.8) is 0 Å². The fraction of sp³-hybridized carbons (Fsp3) is 0.500. The van der Waals surface area contributed by atoms with Gasteiger partial charge >= 0.3 is 0 Å². The van der Waals surface area contributed by atoms with Crippen LogP contribution in [-0.2, 0) is 15.1 Å². The van der Waals surface area contributed by atoms with E-state index in [1.54, 1.807) is 19.1 Å². The summed E-state index contributed by atoms with van der Waals surface area (Å²) in [6, 6.07) is 9.05. The lowest BCUT2D eigenvalue weighted by Crippen LogP contribution is -2.52. The van der Waals surface area contributed by atoms with E-state index in [2.05, 4.69) is 5.32 Å². The van der Waals surface area contributed by atoms with Gasteiger partial charge in [0.1, 0.15) is 5.54 Å². The zero-order valence-electron chi connectivity index (χ0n) is 13.0. The van der Waals surface area contributed by atoms with Crippen LogP contribution < -0.4 is 16.8 Å². The largest absolute Gasteiger partial charge is 0.367 e. The summed E-state index contributed by atoms with van der Waals surface area (Å²) < 4.78 is 0. The van der Waals surface area contributed by atoms with Crippen molar-refractivity contribution in [2.45, 2.75) is 44.6 Å². The lowest BCUT2D eigenvalue weighted by molar-refractivity contribution is -0.131. The smallest absolute Gasteiger partial charge is 0.247 e. The predicted molar refractivity (Wildman–Crippen MR) is 90.5 cm³/mol. The number of amides is 2. The Morgan fingerprint density at radius 2 is 1.68 bits per heavy atom. The van der Waals surface area contributed by atoms with E-state index in [4.69, 9.17) is 11.5 Å². The maximum atomic E-state index is 12.0. The van der Waals surface area contributed by atoms with Crippen LogP contribution in [0.4, 0.5) is 0 Å². The van der Waals surface area contributed by atoms with Gasteiger partial charge in [-0.05, 0) is 31.9 Å². The summed E-state index contributed by atoms with van der Waals surface area (Å²) in [5, 5.41) is 2.76. The Bertz CT molecular complexity index is 468. The first-order valence-electron chi connectivity index (χ1n) is 7.37. The molecule has 0 bridgehead atoms. The van der Waals surface area contributed by atoms with Crippen LogP contribution in [0.15, 0.2) is 30.3 Å². The molecule has 0 heterocycles. The highest BCUT2D eigenvalue weighted by Gasteiger charge is 2.34. The number of rotatable bonds is 9. The van der Waals surface area contributed by atoms with Crippen LogP contribution >= 0.6 is 12.4 Å². The number of carbonyl (C=O) groups is 2. The van der Waals surface area contributed by atoms with Crippen LogP contribution in [0.1, 0.15) is 44.6 Å². The van der Waals surface area contributed by atoms with Gasteiger partial charge in [0.15, 0.2) is 0 Å².